The average Bonchev–Trinajstić information content (AvgIpc) is 3.58. The second-order valence-corrected chi connectivity index (χ2v) is 14.1. The molecule has 4 N–H and O–H groups in total. The number of fused-ring (bicyclic) bond motifs is 5. The van der Waals surface area contributed by atoms with Crippen LogP contribution in [0.4, 0.5) is 5.00 Å². The molecule has 0 bridgehead atoms. The Morgan fingerprint density at radius 2 is 1.92 bits per heavy atom. The number of allylic oxidation sites excluding steroid dienone is 1. The van der Waals surface area contributed by atoms with Gasteiger partial charge in [0.25, 0.3) is 0 Å². The van der Waals surface area contributed by atoms with Crippen LogP contribution in [0.2, 0.25) is 0 Å². The minimum absolute atomic E-state index is 0.144. The molecule has 1 unspecified atom stereocenters. The summed E-state index contributed by atoms with van der Waals surface area (Å²) < 4.78 is 2.63. The van der Waals surface area contributed by atoms with Crippen LogP contribution in [0, 0.1) is 33.4 Å². The Kier molecular flexibility index (Phi) is 5.81. The molecule has 2 heterocycles. The quantitative estimate of drug-likeness (QED) is 0.233. The zero-order valence-corrected chi connectivity index (χ0v) is 24.0. The van der Waals surface area contributed by atoms with E-state index in [2.05, 4.69) is 42.5 Å². The molecule has 7 rings (SSSR count). The Labute approximate surface area is 234 Å². The number of aliphatic hydroxyl groups excluding tert-OH is 1. The van der Waals surface area contributed by atoms with Gasteiger partial charge in [-0.1, -0.05) is 43.7 Å². The third-order valence-electron chi connectivity index (χ3n) is 11.2. The standard InChI is InChI=1S/C31H38N4OS2/c1-30-14-12-20(36)16-18(30)8-9-21-23-10-11-24(31(23,2)15-13-25(21)30)22-17-38-27(32)26(22)28-33-34-29(37)35(28)19-6-4-3-5-7-19/h3-8,17,20-21,23-25,36H,9-16,32H2,1-2H3,(H,34,37)/t20?,21-,23-,24+,25-,30-,31-/m0/s1. The van der Waals surface area contributed by atoms with Crippen molar-refractivity contribution in [3.05, 3.63) is 57.7 Å². The molecule has 3 saturated carbocycles. The third-order valence-corrected chi connectivity index (χ3v) is 12.3. The lowest BCUT2D eigenvalue weighted by molar-refractivity contribution is -0.0408. The van der Waals surface area contributed by atoms with Crippen molar-refractivity contribution in [3.8, 4) is 17.1 Å². The summed E-state index contributed by atoms with van der Waals surface area (Å²) in [5.41, 5.74) is 12.2. The smallest absolute Gasteiger partial charge is 0.200 e. The fourth-order valence-electron chi connectivity index (χ4n) is 9.32. The van der Waals surface area contributed by atoms with Crippen LogP contribution >= 0.6 is 23.6 Å². The summed E-state index contributed by atoms with van der Waals surface area (Å²) in [5, 5.41) is 21.3. The summed E-state index contributed by atoms with van der Waals surface area (Å²) in [7, 11) is 0. The number of nitrogens with zero attached hydrogens (tertiary/aromatic N) is 2. The first kappa shape index (κ1) is 24.8. The Hall–Kier alpha value is -2.22. The predicted octanol–water partition coefficient (Wildman–Crippen LogP) is 7.65. The van der Waals surface area contributed by atoms with Crippen LogP contribution in [-0.2, 0) is 0 Å². The molecule has 200 valence electrons. The highest BCUT2D eigenvalue weighted by Crippen LogP contribution is 2.68. The van der Waals surface area contributed by atoms with Crippen molar-refractivity contribution in [1.29, 1.82) is 0 Å². The van der Waals surface area contributed by atoms with Gasteiger partial charge in [-0.3, -0.25) is 9.67 Å². The first-order valence-electron chi connectivity index (χ1n) is 14.3. The summed E-state index contributed by atoms with van der Waals surface area (Å²) in [4.78, 5) is 0. The predicted molar refractivity (Wildman–Crippen MR) is 157 cm³/mol. The van der Waals surface area contributed by atoms with Crippen LogP contribution in [0.3, 0.4) is 0 Å². The molecule has 1 aromatic carbocycles. The molecular weight excluding hydrogens is 509 g/mol. The van der Waals surface area contributed by atoms with Gasteiger partial charge >= 0.3 is 0 Å². The van der Waals surface area contributed by atoms with E-state index in [0.29, 0.717) is 10.7 Å². The maximum atomic E-state index is 10.4. The zero-order valence-electron chi connectivity index (χ0n) is 22.3. The summed E-state index contributed by atoms with van der Waals surface area (Å²) in [6.07, 6.45) is 11.6. The van der Waals surface area contributed by atoms with E-state index in [0.717, 1.165) is 59.1 Å². The maximum Gasteiger partial charge on any atom is 0.200 e. The van der Waals surface area contributed by atoms with E-state index in [1.807, 2.05) is 22.8 Å². The molecule has 0 amide bonds. The van der Waals surface area contributed by atoms with Crippen molar-refractivity contribution in [1.82, 2.24) is 14.8 Å². The minimum Gasteiger partial charge on any atom is -0.393 e. The van der Waals surface area contributed by atoms with Gasteiger partial charge in [0.2, 0.25) is 0 Å². The van der Waals surface area contributed by atoms with E-state index in [1.54, 1.807) is 16.9 Å². The SMILES string of the molecule is C[C@]12CC[C@H]3[C@@H](CC=C4CC(O)CC[C@@]43C)[C@@H]1CC[C@@H]2c1csc(N)c1-c1n[nH]c(=S)n1-c1ccccc1. The number of H-pyrrole nitrogens is 1. The zero-order chi connectivity index (χ0) is 26.2. The van der Waals surface area contributed by atoms with Gasteiger partial charge in [0.15, 0.2) is 10.6 Å². The molecule has 5 nitrogen and oxygen atoms in total. The molecule has 0 saturated heterocycles. The largest absolute Gasteiger partial charge is 0.393 e. The van der Waals surface area contributed by atoms with E-state index in [9.17, 15) is 5.11 Å². The van der Waals surface area contributed by atoms with Crippen LogP contribution < -0.4 is 5.73 Å². The number of aromatic nitrogens is 3. The van der Waals surface area contributed by atoms with Gasteiger partial charge in [0.1, 0.15) is 0 Å². The summed E-state index contributed by atoms with van der Waals surface area (Å²) in [6, 6.07) is 10.2. The molecule has 2 aromatic heterocycles. The molecule has 38 heavy (non-hydrogen) atoms. The Morgan fingerprint density at radius 1 is 1.11 bits per heavy atom. The average molecular weight is 547 g/mol. The molecule has 3 aromatic rings. The number of anilines is 1. The highest BCUT2D eigenvalue weighted by molar-refractivity contribution is 7.71. The number of benzene rings is 1. The van der Waals surface area contributed by atoms with Crippen LogP contribution in [0.25, 0.3) is 17.1 Å². The van der Waals surface area contributed by atoms with Gasteiger partial charge in [-0.15, -0.1) is 11.3 Å². The first-order chi connectivity index (χ1) is 18.3. The number of nitrogens with two attached hydrogens (primary N) is 1. The number of para-hydroxylation sites is 1. The summed E-state index contributed by atoms with van der Waals surface area (Å²) >= 11 is 7.32. The number of hydrogen-bond donors (Lipinski definition) is 3. The highest BCUT2D eigenvalue weighted by Gasteiger charge is 2.59. The number of aromatic amines is 1. The third kappa shape index (κ3) is 3.50. The number of nitrogens with one attached hydrogen (secondary N) is 1. The minimum atomic E-state index is -0.144. The van der Waals surface area contributed by atoms with Crippen molar-refractivity contribution < 1.29 is 5.11 Å². The summed E-state index contributed by atoms with van der Waals surface area (Å²) in [6.45, 7) is 5.09. The van der Waals surface area contributed by atoms with Crippen LogP contribution in [0.5, 0.6) is 0 Å². The first-order valence-corrected chi connectivity index (χ1v) is 15.6. The van der Waals surface area contributed by atoms with Gasteiger partial charge in [0, 0.05) is 5.69 Å². The topological polar surface area (TPSA) is 79.9 Å². The Bertz CT molecular complexity index is 1450. The van der Waals surface area contributed by atoms with Crippen molar-refractivity contribution in [2.75, 3.05) is 5.73 Å². The summed E-state index contributed by atoms with van der Waals surface area (Å²) in [5.74, 6) is 3.50. The lowest BCUT2D eigenvalue weighted by Gasteiger charge is -2.58. The van der Waals surface area contributed by atoms with Crippen LogP contribution in [-0.4, -0.2) is 26.0 Å². The van der Waals surface area contributed by atoms with Crippen molar-refractivity contribution in [2.45, 2.75) is 77.2 Å². The lowest BCUT2D eigenvalue weighted by Crippen LogP contribution is -2.50. The number of rotatable bonds is 3. The monoisotopic (exact) mass is 546 g/mol. The second kappa shape index (κ2) is 8.90. The van der Waals surface area contributed by atoms with Crippen molar-refractivity contribution in [3.63, 3.8) is 0 Å². The number of hydrogen-bond acceptors (Lipinski definition) is 5. The molecule has 0 aliphatic heterocycles. The van der Waals surface area contributed by atoms with E-state index in [1.165, 1.54) is 37.7 Å². The van der Waals surface area contributed by atoms with Crippen LogP contribution in [0.1, 0.15) is 76.7 Å². The Morgan fingerprint density at radius 3 is 2.74 bits per heavy atom. The van der Waals surface area contributed by atoms with E-state index in [4.69, 9.17) is 23.1 Å². The molecular formula is C31H38N4OS2. The van der Waals surface area contributed by atoms with Gasteiger partial charge in [-0.2, -0.15) is 5.10 Å². The maximum absolute atomic E-state index is 10.4. The van der Waals surface area contributed by atoms with Crippen LogP contribution in [0.15, 0.2) is 47.4 Å². The molecule has 0 spiro atoms. The fourth-order valence-corrected chi connectivity index (χ4v) is 10.4. The van der Waals surface area contributed by atoms with E-state index in [-0.39, 0.29) is 16.9 Å². The van der Waals surface area contributed by atoms with Gasteiger partial charge in [-0.05, 0) is 121 Å². The van der Waals surface area contributed by atoms with Crippen molar-refractivity contribution >= 4 is 28.6 Å². The highest BCUT2D eigenvalue weighted by atomic mass is 32.1. The number of thiophene rings is 1. The molecule has 3 fully saturated rings. The second-order valence-electron chi connectivity index (χ2n) is 12.8. The van der Waals surface area contributed by atoms with Gasteiger partial charge < -0.3 is 10.8 Å². The van der Waals surface area contributed by atoms with Gasteiger partial charge in [0.05, 0.1) is 16.7 Å². The fraction of sp³-hybridized carbons (Fsp3) is 0.548. The Balaban J connectivity index is 1.26. The van der Waals surface area contributed by atoms with Gasteiger partial charge in [-0.25, -0.2) is 0 Å². The van der Waals surface area contributed by atoms with E-state index >= 15 is 0 Å². The van der Waals surface area contributed by atoms with Crippen molar-refractivity contribution in [2.24, 2.45) is 28.6 Å². The normalized spacial score (nSPS) is 36.3. The molecule has 4 aliphatic carbocycles. The number of nitrogen functional groups attached to an aromatic ring is 1. The van der Waals surface area contributed by atoms with E-state index < -0.39 is 0 Å². The molecule has 4 aliphatic rings. The molecule has 7 atom stereocenters. The number of aliphatic hydroxyl groups is 1. The molecule has 7 heteroatoms. The lowest BCUT2D eigenvalue weighted by atomic mass is 9.47. The molecule has 0 radical (unpaired) electrons.